The predicted octanol–water partition coefficient (Wildman–Crippen LogP) is 3.40. The van der Waals surface area contributed by atoms with Gasteiger partial charge >= 0.3 is 0 Å². The number of rotatable bonds is 6. The van der Waals surface area contributed by atoms with Crippen LogP contribution in [0.15, 0.2) is 45.8 Å². The zero-order valence-electron chi connectivity index (χ0n) is 14.0. The molecule has 130 valence electrons. The molecular weight excluding hydrogens is 382 g/mol. The highest BCUT2D eigenvalue weighted by atomic mass is 79.9. The summed E-state index contributed by atoms with van der Waals surface area (Å²) in [6, 6.07) is 9.70. The van der Waals surface area contributed by atoms with Gasteiger partial charge in [0.05, 0.1) is 12.1 Å². The third-order valence-electron chi connectivity index (χ3n) is 3.93. The van der Waals surface area contributed by atoms with Gasteiger partial charge in [0.1, 0.15) is 11.2 Å². The van der Waals surface area contributed by atoms with Crippen molar-refractivity contribution in [2.24, 2.45) is 0 Å². The van der Waals surface area contributed by atoms with E-state index in [1.165, 1.54) is 0 Å². The number of nitrogens with one attached hydrogen (secondary N) is 1. The van der Waals surface area contributed by atoms with Gasteiger partial charge in [-0.1, -0.05) is 41.4 Å². The van der Waals surface area contributed by atoms with E-state index in [0.29, 0.717) is 23.3 Å². The number of aromatic nitrogens is 3. The summed E-state index contributed by atoms with van der Waals surface area (Å²) in [5.41, 5.74) is 7.26. The molecular formula is C18H20BrN5O. The molecule has 3 aromatic rings. The van der Waals surface area contributed by atoms with Crippen LogP contribution in [-0.2, 0) is 6.54 Å². The van der Waals surface area contributed by atoms with Crippen molar-refractivity contribution in [2.75, 3.05) is 17.6 Å². The van der Waals surface area contributed by atoms with Crippen LogP contribution >= 0.6 is 15.9 Å². The largest absolute Gasteiger partial charge is 0.369 e. The number of hydrogen-bond donors (Lipinski definition) is 2. The van der Waals surface area contributed by atoms with E-state index in [9.17, 15) is 4.79 Å². The maximum atomic E-state index is 13.0. The lowest BCUT2D eigenvalue weighted by molar-refractivity contribution is 0.766. The number of anilines is 2. The first kappa shape index (κ1) is 17.4. The van der Waals surface area contributed by atoms with Crippen LogP contribution in [0.5, 0.6) is 0 Å². The van der Waals surface area contributed by atoms with Gasteiger partial charge in [-0.2, -0.15) is 4.98 Å². The molecule has 0 saturated carbocycles. The van der Waals surface area contributed by atoms with Crippen molar-refractivity contribution in [3.63, 3.8) is 0 Å². The molecule has 0 aliphatic rings. The quantitative estimate of drug-likeness (QED) is 0.618. The van der Waals surface area contributed by atoms with Crippen molar-refractivity contribution in [1.82, 2.24) is 14.5 Å². The fourth-order valence-electron chi connectivity index (χ4n) is 2.62. The number of unbranched alkanes of at least 4 members (excludes halogenated alkanes) is 1. The molecule has 7 heteroatoms. The number of benzene rings is 1. The maximum Gasteiger partial charge on any atom is 0.264 e. The Morgan fingerprint density at radius 2 is 1.96 bits per heavy atom. The summed E-state index contributed by atoms with van der Waals surface area (Å²) in [5.74, 6) is 0.669. The highest BCUT2D eigenvalue weighted by molar-refractivity contribution is 9.10. The van der Waals surface area contributed by atoms with Gasteiger partial charge in [0, 0.05) is 17.2 Å². The number of pyridine rings is 1. The highest BCUT2D eigenvalue weighted by Crippen LogP contribution is 2.18. The average Bonchev–Trinajstić information content (AvgIpc) is 2.59. The van der Waals surface area contributed by atoms with Crippen molar-refractivity contribution in [1.29, 1.82) is 0 Å². The summed E-state index contributed by atoms with van der Waals surface area (Å²) in [6.45, 7) is 3.34. The minimum Gasteiger partial charge on any atom is -0.369 e. The Labute approximate surface area is 154 Å². The molecule has 3 N–H and O–H groups in total. The lowest BCUT2D eigenvalue weighted by Crippen LogP contribution is -2.22. The first-order chi connectivity index (χ1) is 12.1. The molecule has 2 heterocycles. The third-order valence-corrected chi connectivity index (χ3v) is 4.46. The Kier molecular flexibility index (Phi) is 5.33. The summed E-state index contributed by atoms with van der Waals surface area (Å²) in [6.07, 6.45) is 3.79. The van der Waals surface area contributed by atoms with Gasteiger partial charge < -0.3 is 15.6 Å². The number of hydrogen-bond acceptors (Lipinski definition) is 5. The van der Waals surface area contributed by atoms with Crippen molar-refractivity contribution in [3.8, 4) is 0 Å². The summed E-state index contributed by atoms with van der Waals surface area (Å²) in [4.78, 5) is 21.4. The van der Waals surface area contributed by atoms with Crippen molar-refractivity contribution >= 4 is 38.6 Å². The van der Waals surface area contributed by atoms with Crippen LogP contribution in [0.3, 0.4) is 0 Å². The van der Waals surface area contributed by atoms with Crippen LogP contribution in [-0.4, -0.2) is 21.1 Å². The number of nitrogens with two attached hydrogens (primary N) is 1. The molecule has 0 saturated heterocycles. The molecule has 0 spiro atoms. The van der Waals surface area contributed by atoms with Crippen LogP contribution in [0.1, 0.15) is 25.3 Å². The smallest absolute Gasteiger partial charge is 0.264 e. The Hall–Kier alpha value is -2.41. The second-order valence-corrected chi connectivity index (χ2v) is 6.76. The number of nitrogen functional groups attached to an aromatic ring is 1. The van der Waals surface area contributed by atoms with Gasteiger partial charge in [0.15, 0.2) is 0 Å². The van der Waals surface area contributed by atoms with E-state index < -0.39 is 0 Å². The van der Waals surface area contributed by atoms with E-state index in [1.54, 1.807) is 16.8 Å². The lowest BCUT2D eigenvalue weighted by Gasteiger charge is -2.11. The highest BCUT2D eigenvalue weighted by Gasteiger charge is 2.12. The van der Waals surface area contributed by atoms with Crippen molar-refractivity contribution in [3.05, 3.63) is 56.9 Å². The third kappa shape index (κ3) is 3.99. The SMILES string of the molecule is CCCCNc1nc(N)nc2ccn(Cc3ccc(Br)cc3)c(=O)c12. The molecule has 0 fully saturated rings. The molecule has 0 amide bonds. The van der Waals surface area contributed by atoms with E-state index in [2.05, 4.69) is 38.1 Å². The minimum absolute atomic E-state index is 0.126. The molecule has 2 aromatic heterocycles. The van der Waals surface area contributed by atoms with E-state index in [-0.39, 0.29) is 11.5 Å². The van der Waals surface area contributed by atoms with Crippen molar-refractivity contribution < 1.29 is 0 Å². The number of fused-ring (bicyclic) bond motifs is 1. The maximum absolute atomic E-state index is 13.0. The number of nitrogens with zero attached hydrogens (tertiary/aromatic N) is 3. The van der Waals surface area contributed by atoms with Crippen LogP contribution in [0.4, 0.5) is 11.8 Å². The predicted molar refractivity (Wildman–Crippen MR) is 105 cm³/mol. The standard InChI is InChI=1S/C18H20BrN5O/c1-2-3-9-21-16-15-14(22-18(20)23-16)8-10-24(17(15)25)11-12-4-6-13(19)7-5-12/h4-8,10H,2-3,9,11H2,1H3,(H3,20,21,22,23). The molecule has 0 radical (unpaired) electrons. The summed E-state index contributed by atoms with van der Waals surface area (Å²) in [7, 11) is 0. The first-order valence-electron chi connectivity index (χ1n) is 8.23. The molecule has 0 aliphatic carbocycles. The fourth-order valence-corrected chi connectivity index (χ4v) is 2.89. The lowest BCUT2D eigenvalue weighted by atomic mass is 10.2. The Morgan fingerprint density at radius 3 is 2.68 bits per heavy atom. The van der Waals surface area contributed by atoms with Crippen LogP contribution in [0.25, 0.3) is 10.9 Å². The Balaban J connectivity index is 2.02. The zero-order valence-corrected chi connectivity index (χ0v) is 15.6. The van der Waals surface area contributed by atoms with Gasteiger partial charge in [-0.25, -0.2) is 4.98 Å². The number of halogens is 1. The van der Waals surface area contributed by atoms with Crippen LogP contribution < -0.4 is 16.6 Å². The van der Waals surface area contributed by atoms with Crippen LogP contribution in [0, 0.1) is 0 Å². The Bertz CT molecular complexity index is 937. The molecule has 1 aromatic carbocycles. The second kappa shape index (κ2) is 7.65. The fraction of sp³-hybridized carbons (Fsp3) is 0.278. The molecule has 25 heavy (non-hydrogen) atoms. The minimum atomic E-state index is -0.126. The van der Waals surface area contributed by atoms with E-state index >= 15 is 0 Å². The normalized spacial score (nSPS) is 11.0. The van der Waals surface area contributed by atoms with Gasteiger partial charge in [-0.05, 0) is 30.2 Å². The summed E-state index contributed by atoms with van der Waals surface area (Å²) < 4.78 is 2.67. The monoisotopic (exact) mass is 401 g/mol. The van der Waals surface area contributed by atoms with Gasteiger partial charge in [0.2, 0.25) is 5.95 Å². The van der Waals surface area contributed by atoms with Gasteiger partial charge in [-0.3, -0.25) is 4.79 Å². The van der Waals surface area contributed by atoms with Gasteiger partial charge in [-0.15, -0.1) is 0 Å². The first-order valence-corrected chi connectivity index (χ1v) is 9.02. The molecule has 6 nitrogen and oxygen atoms in total. The molecule has 0 aliphatic heterocycles. The second-order valence-electron chi connectivity index (χ2n) is 5.85. The summed E-state index contributed by atoms with van der Waals surface area (Å²) in [5, 5.41) is 3.69. The van der Waals surface area contributed by atoms with Gasteiger partial charge in [0.25, 0.3) is 5.56 Å². The van der Waals surface area contributed by atoms with Crippen molar-refractivity contribution in [2.45, 2.75) is 26.3 Å². The van der Waals surface area contributed by atoms with E-state index in [0.717, 1.165) is 29.4 Å². The molecule has 3 rings (SSSR count). The van der Waals surface area contributed by atoms with Crippen LogP contribution in [0.2, 0.25) is 0 Å². The van der Waals surface area contributed by atoms with E-state index in [4.69, 9.17) is 5.73 Å². The molecule has 0 bridgehead atoms. The molecule has 0 unspecified atom stereocenters. The van der Waals surface area contributed by atoms with E-state index in [1.807, 2.05) is 24.3 Å². The average molecular weight is 402 g/mol. The Morgan fingerprint density at radius 1 is 1.20 bits per heavy atom. The summed E-state index contributed by atoms with van der Waals surface area (Å²) >= 11 is 3.42. The molecule has 0 atom stereocenters. The topological polar surface area (TPSA) is 85.8 Å². The zero-order chi connectivity index (χ0) is 17.8.